The molecule has 0 aliphatic carbocycles. The number of pyridine rings is 1. The quantitative estimate of drug-likeness (QED) is 0.378. The lowest BCUT2D eigenvalue weighted by Gasteiger charge is -2.33. The van der Waals surface area contributed by atoms with E-state index in [0.717, 1.165) is 19.5 Å². The highest BCUT2D eigenvalue weighted by Gasteiger charge is 2.30. The first kappa shape index (κ1) is 26.9. The van der Waals surface area contributed by atoms with E-state index in [9.17, 15) is 4.79 Å². The Morgan fingerprint density at radius 3 is 2.61 bits per heavy atom. The molecule has 0 spiro atoms. The molecule has 1 amide bonds. The number of ether oxygens (including phenoxy) is 3. The van der Waals surface area contributed by atoms with Crippen molar-refractivity contribution in [3.8, 4) is 30.0 Å². The van der Waals surface area contributed by atoms with Crippen molar-refractivity contribution in [1.29, 1.82) is 0 Å². The van der Waals surface area contributed by atoms with Crippen LogP contribution in [0.1, 0.15) is 57.7 Å². The second-order valence-electron chi connectivity index (χ2n) is 10.00. The summed E-state index contributed by atoms with van der Waals surface area (Å²) in [5.41, 5.74) is 0.355. The molecule has 0 N–H and O–H groups in total. The van der Waals surface area contributed by atoms with E-state index in [2.05, 4.69) is 20.9 Å². The maximum absolute atomic E-state index is 15.9. The molecule has 3 aromatic rings. The van der Waals surface area contributed by atoms with Crippen LogP contribution >= 0.6 is 0 Å². The number of hydrogen-bond donors (Lipinski definition) is 0. The highest BCUT2D eigenvalue weighted by molar-refractivity contribution is 5.91. The number of rotatable bonds is 7. The Morgan fingerprint density at radius 2 is 2.03 bits per heavy atom. The number of halogens is 1. The summed E-state index contributed by atoms with van der Waals surface area (Å²) < 4.78 is 32.7. The minimum absolute atomic E-state index is 0.0258. The molecule has 3 heterocycles. The zero-order valence-electron chi connectivity index (χ0n) is 22.5. The van der Waals surface area contributed by atoms with E-state index in [1.807, 2.05) is 11.8 Å². The van der Waals surface area contributed by atoms with Crippen LogP contribution in [0, 0.1) is 18.2 Å². The van der Waals surface area contributed by atoms with Crippen molar-refractivity contribution in [2.75, 3.05) is 32.1 Å². The molecule has 10 heteroatoms. The van der Waals surface area contributed by atoms with Gasteiger partial charge in [-0.15, -0.1) is 6.42 Å². The van der Waals surface area contributed by atoms with Crippen LogP contribution in [0.3, 0.4) is 0 Å². The van der Waals surface area contributed by atoms with Gasteiger partial charge in [0, 0.05) is 31.9 Å². The molecule has 1 unspecified atom stereocenters. The van der Waals surface area contributed by atoms with Gasteiger partial charge in [0.1, 0.15) is 22.7 Å². The summed E-state index contributed by atoms with van der Waals surface area (Å²) in [6.45, 7) is 8.87. The van der Waals surface area contributed by atoms with Crippen LogP contribution < -0.4 is 14.4 Å². The highest BCUT2D eigenvalue weighted by Crippen LogP contribution is 2.40. The Labute approximate surface area is 221 Å². The summed E-state index contributed by atoms with van der Waals surface area (Å²) in [7, 11) is 3.06. The smallest absolute Gasteiger partial charge is 0.410 e. The van der Waals surface area contributed by atoms with Gasteiger partial charge < -0.3 is 24.0 Å². The van der Waals surface area contributed by atoms with E-state index >= 15 is 4.39 Å². The fourth-order valence-corrected chi connectivity index (χ4v) is 4.24. The average Bonchev–Trinajstić information content (AvgIpc) is 2.85. The van der Waals surface area contributed by atoms with Crippen LogP contribution in [0.25, 0.3) is 10.9 Å². The summed E-state index contributed by atoms with van der Waals surface area (Å²) in [4.78, 5) is 29.3. The summed E-state index contributed by atoms with van der Waals surface area (Å²) in [6, 6.07) is 4.83. The monoisotopic (exact) mass is 521 g/mol. The molecular formula is C28H32FN5O4. The van der Waals surface area contributed by atoms with Crippen LogP contribution in [0.4, 0.5) is 15.0 Å². The molecule has 1 aliphatic heterocycles. The predicted molar refractivity (Wildman–Crippen MR) is 142 cm³/mol. The number of anilines is 1. The fraction of sp³-hybridized carbons (Fsp3) is 0.429. The second kappa shape index (κ2) is 10.7. The number of aromatic nitrogens is 3. The zero-order chi connectivity index (χ0) is 27.6. The van der Waals surface area contributed by atoms with Gasteiger partial charge in [-0.05, 0) is 39.7 Å². The number of carbonyl (C=O) groups excluding carboxylic acids is 1. The molecule has 1 saturated heterocycles. The van der Waals surface area contributed by atoms with Gasteiger partial charge in [-0.1, -0.05) is 25.0 Å². The van der Waals surface area contributed by atoms with Crippen LogP contribution in [0.2, 0.25) is 0 Å². The van der Waals surface area contributed by atoms with Crippen LogP contribution in [0.15, 0.2) is 24.4 Å². The van der Waals surface area contributed by atoms with E-state index < -0.39 is 23.6 Å². The average molecular weight is 522 g/mol. The molecule has 1 aliphatic rings. The van der Waals surface area contributed by atoms with Crippen LogP contribution in [-0.2, 0) is 4.74 Å². The minimum atomic E-state index is -0.767. The first-order valence-electron chi connectivity index (χ1n) is 12.5. The third kappa shape index (κ3) is 5.28. The minimum Gasteiger partial charge on any atom is -0.467 e. The fourth-order valence-electron chi connectivity index (χ4n) is 4.24. The van der Waals surface area contributed by atoms with E-state index in [1.165, 1.54) is 18.2 Å². The number of methoxy groups -OCH3 is 1. The van der Waals surface area contributed by atoms with E-state index in [4.69, 9.17) is 20.6 Å². The van der Waals surface area contributed by atoms with E-state index in [-0.39, 0.29) is 23.2 Å². The third-order valence-electron chi connectivity index (χ3n) is 6.24. The Kier molecular flexibility index (Phi) is 7.58. The van der Waals surface area contributed by atoms with Crippen molar-refractivity contribution in [2.45, 2.75) is 52.2 Å². The largest absolute Gasteiger partial charge is 0.467 e. The maximum Gasteiger partial charge on any atom is 0.410 e. The lowest BCUT2D eigenvalue weighted by atomic mass is 9.99. The maximum atomic E-state index is 15.9. The number of amides is 1. The van der Waals surface area contributed by atoms with Crippen molar-refractivity contribution in [3.05, 3.63) is 41.3 Å². The first-order valence-corrected chi connectivity index (χ1v) is 12.5. The number of fused-ring (bicyclic) bond motifs is 1. The Balaban J connectivity index is 1.83. The van der Waals surface area contributed by atoms with Gasteiger partial charge in [0.05, 0.1) is 24.1 Å². The number of hydrogen-bond acceptors (Lipinski definition) is 8. The van der Waals surface area contributed by atoms with Gasteiger partial charge in [0.25, 0.3) is 5.88 Å². The number of benzene rings is 1. The molecule has 0 radical (unpaired) electrons. The molecule has 2 aromatic heterocycles. The predicted octanol–water partition coefficient (Wildman–Crippen LogP) is 5.47. The number of para-hydroxylation sites is 1. The standard InChI is InChI=1S/C28H32FN5O4/c1-8-17-12-10-13-18(20(9-2)33(6)27(35)38-28(3,4)5)23(17)37-25-21(29)22-19(16-30-26(31-22)36-7)24(32-25)34-14-11-15-34/h1,10,12-13,16,20H,9,11,14-15H2,2-7H3. The Bertz CT molecular complexity index is 1390. The van der Waals surface area contributed by atoms with Gasteiger partial charge in [-0.3, -0.25) is 0 Å². The molecule has 200 valence electrons. The van der Waals surface area contributed by atoms with Crippen LogP contribution in [0.5, 0.6) is 17.6 Å². The van der Waals surface area contributed by atoms with Crippen molar-refractivity contribution in [2.24, 2.45) is 0 Å². The lowest BCUT2D eigenvalue weighted by molar-refractivity contribution is 0.0214. The van der Waals surface area contributed by atoms with Gasteiger partial charge in [0.2, 0.25) is 5.82 Å². The zero-order valence-corrected chi connectivity index (χ0v) is 22.5. The molecule has 1 fully saturated rings. The summed E-state index contributed by atoms with van der Waals surface area (Å²) in [5.74, 6) is 2.32. The van der Waals surface area contributed by atoms with Crippen molar-refractivity contribution in [1.82, 2.24) is 19.9 Å². The van der Waals surface area contributed by atoms with Crippen molar-refractivity contribution in [3.63, 3.8) is 0 Å². The number of carbonyl (C=O) groups is 1. The van der Waals surface area contributed by atoms with Gasteiger partial charge in [-0.25, -0.2) is 9.78 Å². The summed E-state index contributed by atoms with van der Waals surface area (Å²) in [6.07, 6.45) is 8.33. The number of nitrogens with zero attached hydrogens (tertiary/aromatic N) is 5. The molecule has 0 saturated carbocycles. The molecule has 0 bridgehead atoms. The Morgan fingerprint density at radius 1 is 1.29 bits per heavy atom. The summed E-state index contributed by atoms with van der Waals surface area (Å²) >= 11 is 0. The number of terminal acetylenes is 1. The van der Waals surface area contributed by atoms with Gasteiger partial charge in [0.15, 0.2) is 0 Å². The molecule has 1 atom stereocenters. The SMILES string of the molecule is C#Cc1cccc(C(CC)N(C)C(=O)OC(C)(C)C)c1Oc1nc(N2CCC2)c2cnc(OC)nc2c1F. The topological polar surface area (TPSA) is 89.9 Å². The van der Waals surface area contributed by atoms with E-state index in [0.29, 0.717) is 28.8 Å². The molecule has 38 heavy (non-hydrogen) atoms. The van der Waals surface area contributed by atoms with Crippen LogP contribution in [-0.4, -0.2) is 58.8 Å². The molecule has 9 nitrogen and oxygen atoms in total. The van der Waals surface area contributed by atoms with Crippen molar-refractivity contribution < 1.29 is 23.4 Å². The second-order valence-corrected chi connectivity index (χ2v) is 10.00. The molecule has 4 rings (SSSR count). The molecular weight excluding hydrogens is 489 g/mol. The lowest BCUT2D eigenvalue weighted by Crippen LogP contribution is -2.38. The third-order valence-corrected chi connectivity index (χ3v) is 6.24. The molecule has 1 aromatic carbocycles. The highest BCUT2D eigenvalue weighted by atomic mass is 19.1. The van der Waals surface area contributed by atoms with E-state index in [1.54, 1.807) is 46.0 Å². The van der Waals surface area contributed by atoms with Gasteiger partial charge >= 0.3 is 12.1 Å². The van der Waals surface area contributed by atoms with Crippen molar-refractivity contribution >= 4 is 22.8 Å². The van der Waals surface area contributed by atoms with Gasteiger partial charge in [-0.2, -0.15) is 14.4 Å². The summed E-state index contributed by atoms with van der Waals surface area (Å²) in [5, 5.41) is 0.455. The first-order chi connectivity index (χ1) is 18.1. The Hall–Kier alpha value is -4.13. The normalized spacial score (nSPS) is 13.9.